The Balaban J connectivity index is 1.71. The van der Waals surface area contributed by atoms with E-state index in [1.165, 1.54) is 25.8 Å². The molecule has 0 radical (unpaired) electrons. The van der Waals surface area contributed by atoms with Crippen molar-refractivity contribution in [1.82, 2.24) is 15.1 Å². The van der Waals surface area contributed by atoms with E-state index in [0.717, 1.165) is 32.5 Å². The van der Waals surface area contributed by atoms with Crippen molar-refractivity contribution in [3.8, 4) is 0 Å². The van der Waals surface area contributed by atoms with E-state index in [1.54, 1.807) is 0 Å². The van der Waals surface area contributed by atoms with E-state index in [2.05, 4.69) is 17.3 Å². The number of hydrogen-bond donors (Lipinski definition) is 1. The third kappa shape index (κ3) is 2.88. The zero-order valence-corrected chi connectivity index (χ0v) is 10.2. The Kier molecular flexibility index (Phi) is 4.04. The quantitative estimate of drug-likeness (QED) is 0.768. The number of carbonyl (C=O) groups excluding carboxylic acids is 1. The van der Waals surface area contributed by atoms with Crippen LogP contribution in [0.4, 0.5) is 4.79 Å². The molecule has 2 fully saturated rings. The zero-order chi connectivity index (χ0) is 11.4. The number of likely N-dealkylation sites (tertiary alicyclic amines) is 2. The lowest BCUT2D eigenvalue weighted by Crippen LogP contribution is -2.47. The Labute approximate surface area is 98.0 Å². The molecular weight excluding hydrogens is 202 g/mol. The minimum atomic E-state index is 0.136. The van der Waals surface area contributed by atoms with Crippen molar-refractivity contribution >= 4 is 6.03 Å². The Hall–Kier alpha value is -0.770. The minimum Gasteiger partial charge on any atom is -0.336 e. The van der Waals surface area contributed by atoms with E-state index < -0.39 is 0 Å². The van der Waals surface area contributed by atoms with Crippen molar-refractivity contribution in [2.75, 3.05) is 33.2 Å². The number of nitrogens with zero attached hydrogens (tertiary/aromatic N) is 2. The molecule has 2 heterocycles. The smallest absolute Gasteiger partial charge is 0.317 e. The van der Waals surface area contributed by atoms with Gasteiger partial charge in [0.05, 0.1) is 0 Å². The summed E-state index contributed by atoms with van der Waals surface area (Å²) in [6.45, 7) is 3.86. The fraction of sp³-hybridized carbons (Fsp3) is 0.917. The van der Waals surface area contributed by atoms with Crippen LogP contribution in [0.5, 0.6) is 0 Å². The van der Waals surface area contributed by atoms with E-state index in [-0.39, 0.29) is 6.03 Å². The summed E-state index contributed by atoms with van der Waals surface area (Å²) in [5, 5.41) is 3.07. The first-order valence-corrected chi connectivity index (χ1v) is 6.50. The molecule has 0 saturated carbocycles. The van der Waals surface area contributed by atoms with Gasteiger partial charge in [-0.15, -0.1) is 0 Å². The van der Waals surface area contributed by atoms with Crippen LogP contribution >= 0.6 is 0 Å². The maximum Gasteiger partial charge on any atom is 0.317 e. The summed E-state index contributed by atoms with van der Waals surface area (Å²) in [7, 11) is 2.16. The van der Waals surface area contributed by atoms with Gasteiger partial charge in [-0.2, -0.15) is 0 Å². The molecule has 2 saturated heterocycles. The highest BCUT2D eigenvalue weighted by Gasteiger charge is 2.22. The molecule has 2 rings (SSSR count). The SMILES string of the molecule is CN1CCCCC1CNC(=O)N1CCCC1. The van der Waals surface area contributed by atoms with Crippen LogP contribution in [0.3, 0.4) is 0 Å². The molecule has 2 amide bonds. The van der Waals surface area contributed by atoms with Gasteiger partial charge in [0.2, 0.25) is 0 Å². The molecule has 0 aromatic heterocycles. The number of amides is 2. The van der Waals surface area contributed by atoms with Gasteiger partial charge < -0.3 is 15.1 Å². The standard InChI is InChI=1S/C12H23N3O/c1-14-7-3-2-6-11(14)10-13-12(16)15-8-4-5-9-15/h11H,2-10H2,1H3,(H,13,16). The molecule has 4 nitrogen and oxygen atoms in total. The lowest BCUT2D eigenvalue weighted by molar-refractivity contribution is 0.172. The first-order chi connectivity index (χ1) is 7.77. The van der Waals surface area contributed by atoms with E-state index in [4.69, 9.17) is 0 Å². The van der Waals surface area contributed by atoms with E-state index in [0.29, 0.717) is 6.04 Å². The molecule has 0 aromatic rings. The number of carbonyl (C=O) groups is 1. The lowest BCUT2D eigenvalue weighted by Gasteiger charge is -2.32. The number of urea groups is 1. The molecule has 2 aliphatic rings. The van der Waals surface area contributed by atoms with Crippen LogP contribution in [0.1, 0.15) is 32.1 Å². The van der Waals surface area contributed by atoms with Gasteiger partial charge in [0.1, 0.15) is 0 Å². The molecule has 1 unspecified atom stereocenters. The molecule has 2 aliphatic heterocycles. The minimum absolute atomic E-state index is 0.136. The summed E-state index contributed by atoms with van der Waals surface area (Å²) in [5.74, 6) is 0. The number of likely N-dealkylation sites (N-methyl/N-ethyl adjacent to an activating group) is 1. The molecule has 0 bridgehead atoms. The largest absolute Gasteiger partial charge is 0.336 e. The predicted molar refractivity (Wildman–Crippen MR) is 64.5 cm³/mol. The average molecular weight is 225 g/mol. The van der Waals surface area contributed by atoms with Crippen LogP contribution in [0.15, 0.2) is 0 Å². The highest BCUT2D eigenvalue weighted by atomic mass is 16.2. The van der Waals surface area contributed by atoms with Crippen LogP contribution < -0.4 is 5.32 Å². The second-order valence-electron chi connectivity index (χ2n) is 5.01. The van der Waals surface area contributed by atoms with Crippen LogP contribution in [0.25, 0.3) is 0 Å². The van der Waals surface area contributed by atoms with Crippen LogP contribution in [-0.4, -0.2) is 55.1 Å². The van der Waals surface area contributed by atoms with Gasteiger partial charge in [-0.05, 0) is 39.3 Å². The van der Waals surface area contributed by atoms with Crippen molar-refractivity contribution in [3.05, 3.63) is 0 Å². The average Bonchev–Trinajstić information content (AvgIpc) is 2.81. The summed E-state index contributed by atoms with van der Waals surface area (Å²) in [6, 6.07) is 0.678. The third-order valence-corrected chi connectivity index (χ3v) is 3.80. The molecule has 0 aromatic carbocycles. The Bertz CT molecular complexity index is 238. The van der Waals surface area contributed by atoms with Crippen molar-refractivity contribution in [3.63, 3.8) is 0 Å². The predicted octanol–water partition coefficient (Wildman–Crippen LogP) is 1.28. The van der Waals surface area contributed by atoms with Gasteiger partial charge in [-0.3, -0.25) is 0 Å². The summed E-state index contributed by atoms with van der Waals surface area (Å²) < 4.78 is 0. The third-order valence-electron chi connectivity index (χ3n) is 3.80. The van der Waals surface area contributed by atoms with Gasteiger partial charge in [-0.25, -0.2) is 4.79 Å². The molecule has 1 atom stereocenters. The fourth-order valence-electron chi connectivity index (χ4n) is 2.64. The second kappa shape index (κ2) is 5.53. The molecule has 16 heavy (non-hydrogen) atoms. The molecular formula is C12H23N3O. The molecule has 92 valence electrons. The number of piperidine rings is 1. The number of nitrogens with one attached hydrogen (secondary N) is 1. The molecule has 1 N–H and O–H groups in total. The summed E-state index contributed by atoms with van der Waals surface area (Å²) >= 11 is 0. The Morgan fingerprint density at radius 1 is 1.19 bits per heavy atom. The van der Waals surface area contributed by atoms with E-state index in [1.807, 2.05) is 4.90 Å². The first kappa shape index (κ1) is 11.7. The van der Waals surface area contributed by atoms with Gasteiger partial charge >= 0.3 is 6.03 Å². The number of hydrogen-bond acceptors (Lipinski definition) is 2. The highest BCUT2D eigenvalue weighted by Crippen LogP contribution is 2.14. The lowest BCUT2D eigenvalue weighted by atomic mass is 10.0. The topological polar surface area (TPSA) is 35.6 Å². The van der Waals surface area contributed by atoms with Crippen LogP contribution in [-0.2, 0) is 0 Å². The van der Waals surface area contributed by atoms with E-state index in [9.17, 15) is 4.79 Å². The monoisotopic (exact) mass is 225 g/mol. The first-order valence-electron chi connectivity index (χ1n) is 6.50. The van der Waals surface area contributed by atoms with Crippen molar-refractivity contribution in [2.24, 2.45) is 0 Å². The summed E-state index contributed by atoms with van der Waals surface area (Å²) in [6.07, 6.45) is 6.14. The van der Waals surface area contributed by atoms with Gasteiger partial charge in [0.15, 0.2) is 0 Å². The normalized spacial score (nSPS) is 27.1. The van der Waals surface area contributed by atoms with Gasteiger partial charge in [-0.1, -0.05) is 6.42 Å². The molecule has 0 aliphatic carbocycles. The fourth-order valence-corrected chi connectivity index (χ4v) is 2.64. The van der Waals surface area contributed by atoms with Crippen LogP contribution in [0.2, 0.25) is 0 Å². The Morgan fingerprint density at radius 3 is 2.56 bits per heavy atom. The summed E-state index contributed by atoms with van der Waals surface area (Å²) in [5.41, 5.74) is 0. The van der Waals surface area contributed by atoms with Crippen molar-refractivity contribution in [1.29, 1.82) is 0 Å². The van der Waals surface area contributed by atoms with Crippen molar-refractivity contribution < 1.29 is 4.79 Å². The van der Waals surface area contributed by atoms with Crippen molar-refractivity contribution in [2.45, 2.75) is 38.1 Å². The molecule has 0 spiro atoms. The van der Waals surface area contributed by atoms with Crippen LogP contribution in [0, 0.1) is 0 Å². The maximum absolute atomic E-state index is 11.8. The van der Waals surface area contributed by atoms with Gasteiger partial charge in [0.25, 0.3) is 0 Å². The van der Waals surface area contributed by atoms with E-state index >= 15 is 0 Å². The highest BCUT2D eigenvalue weighted by molar-refractivity contribution is 5.74. The summed E-state index contributed by atoms with van der Waals surface area (Å²) in [4.78, 5) is 16.1. The number of rotatable bonds is 2. The zero-order valence-electron chi connectivity index (χ0n) is 10.2. The maximum atomic E-state index is 11.8. The van der Waals surface area contributed by atoms with Gasteiger partial charge in [0, 0.05) is 25.7 Å². The second-order valence-corrected chi connectivity index (χ2v) is 5.01. The Morgan fingerprint density at radius 2 is 1.88 bits per heavy atom. The molecule has 4 heteroatoms.